The fraction of sp³-hybridized carbons (Fsp3) is 0.188. The largest absolute Gasteiger partial charge is 0.461 e. The van der Waals surface area contributed by atoms with Crippen LogP contribution in [-0.4, -0.2) is 33.1 Å². The summed E-state index contributed by atoms with van der Waals surface area (Å²) < 4.78 is 17.7. The Kier molecular flexibility index (Phi) is 3.73. The van der Waals surface area contributed by atoms with E-state index in [0.717, 1.165) is 0 Å². The third-order valence-corrected chi connectivity index (χ3v) is 4.62. The molecule has 1 aliphatic rings. The summed E-state index contributed by atoms with van der Waals surface area (Å²) in [6.45, 7) is 0.191. The van der Waals surface area contributed by atoms with Gasteiger partial charge in [0.1, 0.15) is 0 Å². The van der Waals surface area contributed by atoms with Crippen LogP contribution < -0.4 is 9.47 Å². The van der Waals surface area contributed by atoms with Crippen molar-refractivity contribution < 1.29 is 18.7 Å². The molecule has 7 nitrogen and oxygen atoms in total. The Morgan fingerprint density at radius 3 is 2.96 bits per heavy atom. The Morgan fingerprint density at radius 1 is 1.25 bits per heavy atom. The van der Waals surface area contributed by atoms with Crippen LogP contribution in [0.5, 0.6) is 11.5 Å². The number of carbonyl (C=O) groups is 1. The molecule has 1 aliphatic heterocycles. The van der Waals surface area contributed by atoms with Gasteiger partial charge in [-0.15, -0.1) is 10.2 Å². The molecular weight excluding hydrogens is 330 g/mol. The monoisotopic (exact) mass is 343 g/mol. The molecule has 3 heterocycles. The van der Waals surface area contributed by atoms with Crippen LogP contribution in [-0.2, 0) is 7.05 Å². The SMILES string of the molecule is Cn1c(SCC(=O)c2ccc3c(c2)OCO3)nnc1-c1ccco1. The average Bonchev–Trinajstić information content (AvgIpc) is 3.32. The predicted molar refractivity (Wildman–Crippen MR) is 86.3 cm³/mol. The standard InChI is InChI=1S/C16H13N3O4S/c1-19-15(13-3-2-6-21-13)17-18-16(19)24-8-11(20)10-4-5-12-14(7-10)23-9-22-12/h2-7H,8-9H2,1H3. The molecular formula is C16H13N3O4S. The van der Waals surface area contributed by atoms with Crippen molar-refractivity contribution in [1.82, 2.24) is 14.8 Å². The number of rotatable bonds is 5. The maximum absolute atomic E-state index is 12.4. The molecule has 0 bridgehead atoms. The first kappa shape index (κ1) is 14.8. The number of ether oxygens (including phenoxy) is 2. The Hall–Kier alpha value is -2.74. The van der Waals surface area contributed by atoms with Crippen LogP contribution in [0.15, 0.2) is 46.2 Å². The van der Waals surface area contributed by atoms with Crippen molar-refractivity contribution in [3.05, 3.63) is 42.2 Å². The lowest BCUT2D eigenvalue weighted by Gasteiger charge is -2.03. The van der Waals surface area contributed by atoms with E-state index in [1.165, 1.54) is 11.8 Å². The van der Waals surface area contributed by atoms with Crippen LogP contribution in [0.3, 0.4) is 0 Å². The molecule has 0 N–H and O–H groups in total. The zero-order valence-corrected chi connectivity index (χ0v) is 13.6. The van der Waals surface area contributed by atoms with E-state index in [-0.39, 0.29) is 18.3 Å². The van der Waals surface area contributed by atoms with Crippen molar-refractivity contribution in [2.24, 2.45) is 7.05 Å². The van der Waals surface area contributed by atoms with Crippen LogP contribution in [0.25, 0.3) is 11.6 Å². The van der Waals surface area contributed by atoms with Crippen molar-refractivity contribution in [3.63, 3.8) is 0 Å². The van der Waals surface area contributed by atoms with Crippen molar-refractivity contribution in [2.75, 3.05) is 12.5 Å². The Balaban J connectivity index is 1.46. The van der Waals surface area contributed by atoms with Crippen LogP contribution in [0.2, 0.25) is 0 Å². The summed E-state index contributed by atoms with van der Waals surface area (Å²) in [6, 6.07) is 8.80. The van der Waals surface area contributed by atoms with Gasteiger partial charge in [-0.25, -0.2) is 0 Å². The van der Waals surface area contributed by atoms with Crippen LogP contribution >= 0.6 is 11.8 Å². The second kappa shape index (κ2) is 6.04. The Morgan fingerprint density at radius 2 is 2.12 bits per heavy atom. The molecule has 122 valence electrons. The van der Waals surface area contributed by atoms with E-state index < -0.39 is 0 Å². The maximum atomic E-state index is 12.4. The average molecular weight is 343 g/mol. The number of hydrogen-bond donors (Lipinski definition) is 0. The van der Waals surface area contributed by atoms with Gasteiger partial charge >= 0.3 is 0 Å². The third kappa shape index (κ3) is 2.65. The predicted octanol–water partition coefficient (Wildman–Crippen LogP) is 2.78. The lowest BCUT2D eigenvalue weighted by atomic mass is 10.1. The number of ketones is 1. The summed E-state index contributed by atoms with van der Waals surface area (Å²) in [5.74, 6) is 2.77. The summed E-state index contributed by atoms with van der Waals surface area (Å²) in [4.78, 5) is 12.4. The lowest BCUT2D eigenvalue weighted by Crippen LogP contribution is -2.04. The Labute approximate surface area is 141 Å². The minimum Gasteiger partial charge on any atom is -0.461 e. The molecule has 0 saturated heterocycles. The van der Waals surface area contributed by atoms with Crippen LogP contribution in [0, 0.1) is 0 Å². The number of hydrogen-bond acceptors (Lipinski definition) is 7. The lowest BCUT2D eigenvalue weighted by molar-refractivity contribution is 0.102. The van der Waals surface area contributed by atoms with Crippen LogP contribution in [0.1, 0.15) is 10.4 Å². The number of aromatic nitrogens is 3. The molecule has 1 aromatic carbocycles. The van der Waals surface area contributed by atoms with Gasteiger partial charge in [-0.3, -0.25) is 4.79 Å². The van der Waals surface area contributed by atoms with Crippen molar-refractivity contribution in [1.29, 1.82) is 0 Å². The fourth-order valence-corrected chi connectivity index (χ4v) is 3.15. The molecule has 4 rings (SSSR count). The first-order valence-electron chi connectivity index (χ1n) is 7.21. The molecule has 0 atom stereocenters. The van der Waals surface area contributed by atoms with E-state index >= 15 is 0 Å². The molecule has 0 unspecified atom stereocenters. The van der Waals surface area contributed by atoms with Gasteiger partial charge in [-0.2, -0.15) is 0 Å². The molecule has 0 fully saturated rings. The first-order chi connectivity index (χ1) is 11.7. The van der Waals surface area contributed by atoms with Gasteiger partial charge in [0, 0.05) is 12.6 Å². The fourth-order valence-electron chi connectivity index (χ4n) is 2.34. The van der Waals surface area contributed by atoms with E-state index in [1.807, 2.05) is 13.1 Å². The number of Topliss-reactive ketones (excluding diaryl/α,β-unsaturated/α-hetero) is 1. The van der Waals surface area contributed by atoms with E-state index in [9.17, 15) is 4.79 Å². The van der Waals surface area contributed by atoms with Gasteiger partial charge in [0.05, 0.1) is 12.0 Å². The number of furan rings is 1. The zero-order chi connectivity index (χ0) is 16.5. The smallest absolute Gasteiger partial charge is 0.231 e. The minimum atomic E-state index is -0.0131. The molecule has 2 aromatic heterocycles. The van der Waals surface area contributed by atoms with Gasteiger partial charge in [0.2, 0.25) is 6.79 Å². The molecule has 0 spiro atoms. The molecule has 0 radical (unpaired) electrons. The van der Waals surface area contributed by atoms with Gasteiger partial charge in [0.25, 0.3) is 0 Å². The van der Waals surface area contributed by atoms with E-state index in [1.54, 1.807) is 35.1 Å². The summed E-state index contributed by atoms with van der Waals surface area (Å²) >= 11 is 1.33. The summed E-state index contributed by atoms with van der Waals surface area (Å²) in [5.41, 5.74) is 0.583. The Bertz CT molecular complexity index is 889. The van der Waals surface area contributed by atoms with E-state index in [0.29, 0.717) is 33.8 Å². The highest BCUT2D eigenvalue weighted by molar-refractivity contribution is 7.99. The molecule has 24 heavy (non-hydrogen) atoms. The quantitative estimate of drug-likeness (QED) is 0.520. The molecule has 3 aromatic rings. The zero-order valence-electron chi connectivity index (χ0n) is 12.8. The molecule has 0 saturated carbocycles. The third-order valence-electron chi connectivity index (χ3n) is 3.60. The van der Waals surface area contributed by atoms with Crippen LogP contribution in [0.4, 0.5) is 0 Å². The molecule has 8 heteroatoms. The van der Waals surface area contributed by atoms with Gasteiger partial charge in [0.15, 0.2) is 34.0 Å². The highest BCUT2D eigenvalue weighted by Gasteiger charge is 2.18. The first-order valence-corrected chi connectivity index (χ1v) is 8.20. The molecule has 0 amide bonds. The highest BCUT2D eigenvalue weighted by atomic mass is 32.2. The van der Waals surface area contributed by atoms with Crippen molar-refractivity contribution >= 4 is 17.5 Å². The minimum absolute atomic E-state index is 0.0131. The van der Waals surface area contributed by atoms with Gasteiger partial charge < -0.3 is 18.5 Å². The normalized spacial score (nSPS) is 12.5. The number of benzene rings is 1. The highest BCUT2D eigenvalue weighted by Crippen LogP contribution is 2.33. The maximum Gasteiger partial charge on any atom is 0.231 e. The topological polar surface area (TPSA) is 79.4 Å². The van der Waals surface area contributed by atoms with Gasteiger partial charge in [-0.1, -0.05) is 11.8 Å². The second-order valence-corrected chi connectivity index (χ2v) is 6.06. The summed E-state index contributed by atoms with van der Waals surface area (Å²) in [7, 11) is 1.84. The number of fused-ring (bicyclic) bond motifs is 1. The van der Waals surface area contributed by atoms with Crippen molar-refractivity contribution in [3.8, 4) is 23.1 Å². The van der Waals surface area contributed by atoms with Crippen molar-refractivity contribution in [2.45, 2.75) is 5.16 Å². The van der Waals surface area contributed by atoms with Gasteiger partial charge in [-0.05, 0) is 30.3 Å². The number of nitrogens with zero attached hydrogens (tertiary/aromatic N) is 3. The van der Waals surface area contributed by atoms with E-state index in [4.69, 9.17) is 13.9 Å². The summed E-state index contributed by atoms with van der Waals surface area (Å²) in [6.07, 6.45) is 1.58. The summed E-state index contributed by atoms with van der Waals surface area (Å²) in [5, 5.41) is 8.87. The second-order valence-electron chi connectivity index (χ2n) is 5.12. The number of carbonyl (C=O) groups excluding carboxylic acids is 1. The molecule has 0 aliphatic carbocycles. The van der Waals surface area contributed by atoms with E-state index in [2.05, 4.69) is 10.2 Å². The number of thioether (sulfide) groups is 1.